The molecular weight excluding hydrogens is 1010 g/mol. The lowest BCUT2D eigenvalue weighted by Gasteiger charge is -2.15. The van der Waals surface area contributed by atoms with E-state index in [-0.39, 0.29) is 45.0 Å². The Labute approximate surface area is 444 Å². The molecule has 0 atom stereocenters. The Balaban J connectivity index is 0.882. The number of nitrogens with one attached hydrogen (secondary N) is 5. The molecule has 1 aliphatic heterocycles. The van der Waals surface area contributed by atoms with Crippen molar-refractivity contribution >= 4 is 55.5 Å². The Morgan fingerprint density at radius 2 is 1.23 bits per heavy atom. The quantitative estimate of drug-likeness (QED) is 0.0777. The van der Waals surface area contributed by atoms with Gasteiger partial charge in [0.15, 0.2) is 11.6 Å². The minimum Gasteiger partial charge on any atom is -0.336 e. The van der Waals surface area contributed by atoms with Gasteiger partial charge in [-0.05, 0) is 122 Å². The second-order valence-electron chi connectivity index (χ2n) is 19.4. The molecule has 19 heteroatoms. The highest BCUT2D eigenvalue weighted by Gasteiger charge is 2.27. The highest BCUT2D eigenvalue weighted by atomic mass is 19.1. The van der Waals surface area contributed by atoms with Crippen molar-refractivity contribution in [1.29, 1.82) is 0 Å². The molecule has 0 radical (unpaired) electrons. The lowest BCUT2D eigenvalue weighted by Crippen LogP contribution is -2.18. The first-order valence-corrected chi connectivity index (χ1v) is 25.3. The fourth-order valence-electron chi connectivity index (χ4n) is 10.6. The fraction of sp³-hybridized carbons (Fsp3) is 0.0833. The van der Waals surface area contributed by atoms with Gasteiger partial charge >= 0.3 is 0 Å². The standard InChI is InChI=1S/C60H40F4N14O/c61-37-11-8-32(9-12-37)51-56-46(14-16-67-51)71-59(72-56)55-43-24-40(36-21-38(29-66-28-36)69-60(79)33-6-2-1-3-7-33)50(64)49(53(43)75-77-55)41-22-34(10-13-44(41)62)52-57-47(15-17-68-52)70-58(73-57)54-42-23-39(45(63)25-48(42)74-76-54)35-20-31(26-65-27-35)30-78-18-4-5-19-78/h1-3,6-17,20-29H,4-5,18-19,30H2,(H,69,79)(H,70,73)(H,71,72)(H,74,76)(H,75,77). The number of imidazole rings is 2. The summed E-state index contributed by atoms with van der Waals surface area (Å²) in [5.41, 5.74) is 7.93. The van der Waals surface area contributed by atoms with Crippen LogP contribution in [0.3, 0.4) is 0 Å². The first kappa shape index (κ1) is 47.2. The molecule has 8 aromatic heterocycles. The summed E-state index contributed by atoms with van der Waals surface area (Å²) in [5, 5.41) is 19.0. The molecule has 0 unspecified atom stereocenters. The molecule has 0 saturated carbocycles. The number of carbonyl (C=O) groups excluding carboxylic acids is 1. The molecule has 5 N–H and O–H groups in total. The lowest BCUT2D eigenvalue weighted by atomic mass is 9.93. The van der Waals surface area contributed by atoms with Crippen LogP contribution in [-0.2, 0) is 6.54 Å². The zero-order valence-electron chi connectivity index (χ0n) is 41.4. The van der Waals surface area contributed by atoms with Crippen molar-refractivity contribution in [2.24, 2.45) is 0 Å². The molecule has 0 spiro atoms. The van der Waals surface area contributed by atoms with Gasteiger partial charge in [-0.2, -0.15) is 10.2 Å². The molecule has 1 amide bonds. The summed E-state index contributed by atoms with van der Waals surface area (Å²) < 4.78 is 64.6. The van der Waals surface area contributed by atoms with E-state index in [2.05, 4.69) is 55.5 Å². The monoisotopic (exact) mass is 1050 g/mol. The number of pyridine rings is 4. The predicted molar refractivity (Wildman–Crippen MR) is 293 cm³/mol. The van der Waals surface area contributed by atoms with E-state index >= 15 is 13.2 Å². The molecule has 1 saturated heterocycles. The van der Waals surface area contributed by atoms with E-state index in [4.69, 9.17) is 15.0 Å². The van der Waals surface area contributed by atoms with Crippen molar-refractivity contribution in [1.82, 2.24) is 65.2 Å². The van der Waals surface area contributed by atoms with E-state index in [1.807, 2.05) is 12.3 Å². The number of carbonyl (C=O) groups is 1. The summed E-state index contributed by atoms with van der Waals surface area (Å²) in [6.07, 6.45) is 11.9. The van der Waals surface area contributed by atoms with Crippen LogP contribution < -0.4 is 5.32 Å². The van der Waals surface area contributed by atoms with Crippen molar-refractivity contribution in [2.75, 3.05) is 18.4 Å². The van der Waals surface area contributed by atoms with E-state index in [0.717, 1.165) is 38.0 Å². The molecule has 384 valence electrons. The molecule has 15 nitrogen and oxygen atoms in total. The molecular formula is C60H40F4N14O. The number of rotatable bonds is 11. The molecule has 1 aliphatic rings. The topological polar surface area (TPSA) is 199 Å². The van der Waals surface area contributed by atoms with Crippen LogP contribution in [0, 0.1) is 23.3 Å². The van der Waals surface area contributed by atoms with Crippen LogP contribution in [0.1, 0.15) is 28.8 Å². The molecule has 14 rings (SSSR count). The van der Waals surface area contributed by atoms with Gasteiger partial charge in [0.25, 0.3) is 5.91 Å². The predicted octanol–water partition coefficient (Wildman–Crippen LogP) is 12.8. The normalized spacial score (nSPS) is 12.9. The molecule has 0 bridgehead atoms. The van der Waals surface area contributed by atoms with E-state index in [9.17, 15) is 9.18 Å². The molecule has 1 fully saturated rings. The van der Waals surface area contributed by atoms with E-state index in [0.29, 0.717) is 89.1 Å². The number of halogens is 4. The number of fused-ring (bicyclic) bond motifs is 4. The van der Waals surface area contributed by atoms with Crippen LogP contribution in [-0.4, -0.2) is 84.2 Å². The maximum absolute atomic E-state index is 17.9. The lowest BCUT2D eigenvalue weighted by molar-refractivity contribution is 0.102. The highest BCUT2D eigenvalue weighted by Crippen LogP contribution is 2.43. The summed E-state index contributed by atoms with van der Waals surface area (Å²) in [6.45, 7) is 2.77. The zero-order valence-corrected chi connectivity index (χ0v) is 41.4. The van der Waals surface area contributed by atoms with Crippen LogP contribution in [0.5, 0.6) is 0 Å². The van der Waals surface area contributed by atoms with Gasteiger partial charge in [-0.3, -0.25) is 39.8 Å². The Hall–Kier alpha value is -10.3. The smallest absolute Gasteiger partial charge is 0.255 e. The fourth-order valence-corrected chi connectivity index (χ4v) is 10.6. The summed E-state index contributed by atoms with van der Waals surface area (Å²) in [5.74, 6) is -2.15. The van der Waals surface area contributed by atoms with E-state index in [1.54, 1.807) is 97.5 Å². The number of nitrogens with zero attached hydrogens (tertiary/aromatic N) is 9. The third-order valence-corrected chi connectivity index (χ3v) is 14.4. The summed E-state index contributed by atoms with van der Waals surface area (Å²) in [4.78, 5) is 50.4. The van der Waals surface area contributed by atoms with Crippen LogP contribution in [0.4, 0.5) is 23.2 Å². The number of benzene rings is 5. The Morgan fingerprint density at radius 3 is 1.97 bits per heavy atom. The van der Waals surface area contributed by atoms with E-state index < -0.39 is 29.2 Å². The van der Waals surface area contributed by atoms with Crippen LogP contribution in [0.25, 0.3) is 123 Å². The number of H-pyrrole nitrogens is 4. The number of hydrogen-bond donors (Lipinski definition) is 5. The van der Waals surface area contributed by atoms with Gasteiger partial charge in [-0.1, -0.05) is 18.2 Å². The van der Waals surface area contributed by atoms with E-state index in [1.165, 1.54) is 42.7 Å². The van der Waals surface area contributed by atoms with Crippen LogP contribution >= 0.6 is 0 Å². The van der Waals surface area contributed by atoms with Crippen LogP contribution in [0.2, 0.25) is 0 Å². The Morgan fingerprint density at radius 1 is 0.570 bits per heavy atom. The Kier molecular flexibility index (Phi) is 11.4. The number of aromatic amines is 4. The van der Waals surface area contributed by atoms with Crippen molar-refractivity contribution in [3.8, 4) is 78.9 Å². The minimum absolute atomic E-state index is 0.0144. The minimum atomic E-state index is -0.817. The van der Waals surface area contributed by atoms with Crippen molar-refractivity contribution in [3.63, 3.8) is 0 Å². The maximum atomic E-state index is 17.9. The number of aromatic nitrogens is 12. The second kappa shape index (κ2) is 19.1. The first-order chi connectivity index (χ1) is 38.7. The molecule has 13 aromatic rings. The summed E-state index contributed by atoms with van der Waals surface area (Å²) in [7, 11) is 0. The van der Waals surface area contributed by atoms with Gasteiger partial charge in [0.2, 0.25) is 0 Å². The Bertz CT molecular complexity index is 4550. The SMILES string of the molecule is O=C(Nc1cncc(-c2cc3c(-c4nc5c(-c6ccc(F)cc6)nccc5[nH]4)n[nH]c3c(-c3cc(-c4nccc5[nH]c(-c6n[nH]c7cc(F)c(-c8cncc(CN9CCCC9)c8)cc67)nc45)ccc3F)c2F)c1)c1ccccc1. The molecule has 5 aromatic carbocycles. The third kappa shape index (κ3) is 8.48. The number of likely N-dealkylation sites (tertiary alicyclic amines) is 1. The van der Waals surface area contributed by atoms with Gasteiger partial charge in [0, 0.05) is 104 Å². The molecule has 9 heterocycles. The molecule has 0 aliphatic carbocycles. The second-order valence-corrected chi connectivity index (χ2v) is 19.4. The average Bonchev–Trinajstić information content (AvgIpc) is 4.54. The summed E-state index contributed by atoms with van der Waals surface area (Å²) in [6, 6.07) is 30.6. The number of amides is 1. The zero-order chi connectivity index (χ0) is 53.3. The largest absolute Gasteiger partial charge is 0.336 e. The summed E-state index contributed by atoms with van der Waals surface area (Å²) >= 11 is 0. The number of hydrogen-bond acceptors (Lipinski definition) is 10. The van der Waals surface area contributed by atoms with Crippen molar-refractivity contribution in [3.05, 3.63) is 187 Å². The van der Waals surface area contributed by atoms with Crippen LogP contribution in [0.15, 0.2) is 152 Å². The third-order valence-electron chi connectivity index (χ3n) is 14.4. The first-order valence-electron chi connectivity index (χ1n) is 25.3. The molecule has 79 heavy (non-hydrogen) atoms. The van der Waals surface area contributed by atoms with Gasteiger partial charge in [-0.15, -0.1) is 0 Å². The van der Waals surface area contributed by atoms with Gasteiger partial charge < -0.3 is 15.3 Å². The average molecular weight is 1050 g/mol. The highest BCUT2D eigenvalue weighted by molar-refractivity contribution is 6.07. The number of anilines is 1. The maximum Gasteiger partial charge on any atom is 0.255 e. The van der Waals surface area contributed by atoms with Crippen molar-refractivity contribution < 1.29 is 22.4 Å². The van der Waals surface area contributed by atoms with Gasteiger partial charge in [0.1, 0.15) is 45.7 Å². The van der Waals surface area contributed by atoms with Gasteiger partial charge in [-0.25, -0.2) is 27.5 Å². The van der Waals surface area contributed by atoms with Gasteiger partial charge in [0.05, 0.1) is 45.3 Å². The van der Waals surface area contributed by atoms with Crippen molar-refractivity contribution in [2.45, 2.75) is 19.4 Å².